The summed E-state index contributed by atoms with van der Waals surface area (Å²) in [5, 5.41) is 3.16. The van der Waals surface area contributed by atoms with Crippen molar-refractivity contribution in [1.82, 2.24) is 5.32 Å². The van der Waals surface area contributed by atoms with Crippen molar-refractivity contribution in [3.05, 3.63) is 29.3 Å². The molecule has 0 aliphatic carbocycles. The zero-order chi connectivity index (χ0) is 15.7. The van der Waals surface area contributed by atoms with Crippen LogP contribution in [0.4, 0.5) is 13.2 Å². The summed E-state index contributed by atoms with van der Waals surface area (Å²) in [4.78, 5) is 0. The van der Waals surface area contributed by atoms with Gasteiger partial charge >= 0.3 is 6.18 Å². The Bertz CT molecular complexity index is 424. The van der Waals surface area contributed by atoms with Gasteiger partial charge in [0, 0.05) is 25.8 Å². The second-order valence-corrected chi connectivity index (χ2v) is 4.46. The fourth-order valence-corrected chi connectivity index (χ4v) is 1.71. The molecule has 0 radical (unpaired) electrons. The summed E-state index contributed by atoms with van der Waals surface area (Å²) in [6, 6.07) is 5.55. The van der Waals surface area contributed by atoms with Crippen LogP contribution in [0.3, 0.4) is 0 Å². The number of nitrogens with one attached hydrogen (secondary N) is 1. The van der Waals surface area contributed by atoms with Crippen LogP contribution in [0.2, 0.25) is 0 Å². The lowest BCUT2D eigenvalue weighted by atomic mass is 10.1. The molecule has 0 heterocycles. The van der Waals surface area contributed by atoms with Crippen LogP contribution in [0.1, 0.15) is 11.1 Å². The minimum Gasteiger partial charge on any atom is -0.467 e. The molecule has 0 saturated carbocycles. The predicted octanol–water partition coefficient (Wildman–Crippen LogP) is 2.65. The normalized spacial score (nSPS) is 11.7. The fraction of sp³-hybridized carbons (Fsp3) is 0.571. The number of alkyl halides is 3. The van der Waals surface area contributed by atoms with Gasteiger partial charge in [-0.3, -0.25) is 0 Å². The predicted molar refractivity (Wildman–Crippen MR) is 72.3 cm³/mol. The highest BCUT2D eigenvalue weighted by molar-refractivity contribution is 5.40. The second-order valence-electron chi connectivity index (χ2n) is 4.46. The largest absolute Gasteiger partial charge is 0.467 e. The molecule has 4 nitrogen and oxygen atoms in total. The number of ether oxygens (including phenoxy) is 3. The van der Waals surface area contributed by atoms with Gasteiger partial charge in [0.2, 0.25) is 0 Å². The first-order chi connectivity index (χ1) is 9.94. The third-order valence-electron chi connectivity index (χ3n) is 2.64. The number of benzene rings is 1. The maximum atomic E-state index is 12.0. The number of hydrogen-bond acceptors (Lipinski definition) is 4. The molecule has 0 aromatic heterocycles. The Kier molecular flexibility index (Phi) is 7.49. The van der Waals surface area contributed by atoms with Crippen LogP contribution in [-0.2, 0) is 16.0 Å². The topological polar surface area (TPSA) is 39.7 Å². The van der Waals surface area contributed by atoms with Gasteiger partial charge in [-0.15, -0.1) is 0 Å². The van der Waals surface area contributed by atoms with Gasteiger partial charge in [-0.2, -0.15) is 13.2 Å². The van der Waals surface area contributed by atoms with Gasteiger partial charge < -0.3 is 19.5 Å². The minimum absolute atomic E-state index is 0.435. The van der Waals surface area contributed by atoms with Gasteiger partial charge in [0.1, 0.15) is 12.4 Å². The molecule has 7 heteroatoms. The van der Waals surface area contributed by atoms with Crippen molar-refractivity contribution >= 4 is 0 Å². The van der Waals surface area contributed by atoms with Gasteiger partial charge in [0.05, 0.1) is 6.61 Å². The standard InChI is InChI=1S/C14H20F3NO3/c1-11-4-3-5-12(8-18-6-7-19-2)13(11)21-10-20-9-14(15,16)17/h3-5,18H,6-10H2,1-2H3. The first-order valence-corrected chi connectivity index (χ1v) is 6.49. The van der Waals surface area contributed by atoms with Crippen LogP contribution in [0.25, 0.3) is 0 Å². The molecule has 0 fully saturated rings. The summed E-state index contributed by atoms with van der Waals surface area (Å²) < 4.78 is 50.6. The van der Waals surface area contributed by atoms with Gasteiger partial charge in [-0.05, 0) is 12.5 Å². The van der Waals surface area contributed by atoms with Crippen LogP contribution in [0.5, 0.6) is 5.75 Å². The van der Waals surface area contributed by atoms with E-state index in [1.807, 2.05) is 25.1 Å². The molecule has 0 saturated heterocycles. The van der Waals surface area contributed by atoms with E-state index in [1.54, 1.807) is 7.11 Å². The lowest BCUT2D eigenvalue weighted by Gasteiger charge is -2.15. The molecule has 1 rings (SSSR count). The molecule has 1 aromatic rings. The first kappa shape index (κ1) is 17.7. The van der Waals surface area contributed by atoms with Gasteiger partial charge in [-0.1, -0.05) is 18.2 Å². The lowest BCUT2D eigenvalue weighted by Crippen LogP contribution is -2.21. The number of hydrogen-bond donors (Lipinski definition) is 1. The lowest BCUT2D eigenvalue weighted by molar-refractivity contribution is -0.186. The van der Waals surface area contributed by atoms with E-state index in [9.17, 15) is 13.2 Å². The summed E-state index contributed by atoms with van der Waals surface area (Å²) in [6.07, 6.45) is -4.35. The van der Waals surface area contributed by atoms with E-state index in [-0.39, 0.29) is 0 Å². The Morgan fingerprint density at radius 3 is 2.67 bits per heavy atom. The average Bonchev–Trinajstić information content (AvgIpc) is 2.40. The summed E-state index contributed by atoms with van der Waals surface area (Å²) in [5.41, 5.74) is 1.71. The van der Waals surface area contributed by atoms with Crippen molar-refractivity contribution in [3.63, 3.8) is 0 Å². The molecule has 0 atom stereocenters. The highest BCUT2D eigenvalue weighted by atomic mass is 19.4. The summed E-state index contributed by atoms with van der Waals surface area (Å²) >= 11 is 0. The van der Waals surface area contributed by atoms with Gasteiger partial charge in [0.15, 0.2) is 6.79 Å². The summed E-state index contributed by atoms with van der Waals surface area (Å²) in [6.45, 7) is 1.87. The number of methoxy groups -OCH3 is 1. The molecule has 0 amide bonds. The molecule has 0 aliphatic heterocycles. The van der Waals surface area contributed by atoms with E-state index in [0.717, 1.165) is 11.1 Å². The molecular weight excluding hydrogens is 287 g/mol. The maximum Gasteiger partial charge on any atom is 0.411 e. The molecule has 21 heavy (non-hydrogen) atoms. The van der Waals surface area contributed by atoms with Crippen LogP contribution < -0.4 is 10.1 Å². The van der Waals surface area contributed by atoms with Gasteiger partial charge in [0.25, 0.3) is 0 Å². The molecule has 0 bridgehead atoms. The van der Waals surface area contributed by atoms with Crippen LogP contribution in [0.15, 0.2) is 18.2 Å². The molecule has 120 valence electrons. The molecular formula is C14H20F3NO3. The van der Waals surface area contributed by atoms with Crippen LogP contribution in [-0.4, -0.2) is 39.8 Å². The van der Waals surface area contributed by atoms with Crippen molar-refractivity contribution in [2.75, 3.05) is 33.7 Å². The second kappa shape index (κ2) is 8.86. The number of halogens is 3. The van der Waals surface area contributed by atoms with E-state index in [1.165, 1.54) is 0 Å². The highest BCUT2D eigenvalue weighted by Gasteiger charge is 2.27. The molecule has 0 unspecified atom stereocenters. The SMILES string of the molecule is COCCNCc1cccc(C)c1OCOCC(F)(F)F. The monoisotopic (exact) mass is 307 g/mol. The molecule has 1 aromatic carbocycles. The van der Waals surface area contributed by atoms with E-state index < -0.39 is 19.6 Å². The maximum absolute atomic E-state index is 12.0. The van der Waals surface area contributed by atoms with Crippen molar-refractivity contribution in [1.29, 1.82) is 0 Å². The number of para-hydroxylation sites is 1. The van der Waals surface area contributed by atoms with Crippen molar-refractivity contribution in [2.45, 2.75) is 19.6 Å². The Balaban J connectivity index is 2.51. The quantitative estimate of drug-likeness (QED) is 0.562. The van der Waals surface area contributed by atoms with Crippen molar-refractivity contribution in [2.24, 2.45) is 0 Å². The Hall–Kier alpha value is -1.31. The van der Waals surface area contributed by atoms with Crippen molar-refractivity contribution in [3.8, 4) is 5.75 Å². The fourth-order valence-electron chi connectivity index (χ4n) is 1.71. The molecule has 0 aliphatic rings. The van der Waals surface area contributed by atoms with Crippen LogP contribution in [0, 0.1) is 6.92 Å². The zero-order valence-electron chi connectivity index (χ0n) is 12.1. The number of rotatable bonds is 9. The minimum atomic E-state index is -4.35. The van der Waals surface area contributed by atoms with E-state index in [4.69, 9.17) is 9.47 Å². The average molecular weight is 307 g/mol. The van der Waals surface area contributed by atoms with Crippen molar-refractivity contribution < 1.29 is 27.4 Å². The Morgan fingerprint density at radius 2 is 2.00 bits per heavy atom. The van der Waals surface area contributed by atoms with E-state index >= 15 is 0 Å². The third kappa shape index (κ3) is 7.31. The molecule has 0 spiro atoms. The first-order valence-electron chi connectivity index (χ1n) is 6.49. The number of aryl methyl sites for hydroxylation is 1. The van der Waals surface area contributed by atoms with E-state index in [2.05, 4.69) is 10.1 Å². The smallest absolute Gasteiger partial charge is 0.411 e. The van der Waals surface area contributed by atoms with Crippen LogP contribution >= 0.6 is 0 Å². The zero-order valence-corrected chi connectivity index (χ0v) is 12.1. The Labute approximate surface area is 122 Å². The third-order valence-corrected chi connectivity index (χ3v) is 2.64. The summed E-state index contributed by atoms with van der Waals surface area (Å²) in [5.74, 6) is 0.546. The summed E-state index contributed by atoms with van der Waals surface area (Å²) in [7, 11) is 1.61. The van der Waals surface area contributed by atoms with E-state index in [0.29, 0.717) is 25.4 Å². The molecule has 1 N–H and O–H groups in total. The van der Waals surface area contributed by atoms with Gasteiger partial charge in [-0.25, -0.2) is 0 Å². The Morgan fingerprint density at radius 1 is 1.24 bits per heavy atom. The highest BCUT2D eigenvalue weighted by Crippen LogP contribution is 2.23.